The summed E-state index contributed by atoms with van der Waals surface area (Å²) < 4.78 is 0. The van der Waals surface area contributed by atoms with E-state index in [9.17, 15) is 19.7 Å². The van der Waals surface area contributed by atoms with Gasteiger partial charge in [0.05, 0.1) is 11.3 Å². The lowest BCUT2D eigenvalue weighted by molar-refractivity contribution is -0.385. The summed E-state index contributed by atoms with van der Waals surface area (Å²) in [5, 5.41) is 13.8. The Labute approximate surface area is 157 Å². The number of likely N-dealkylation sites (tertiary alicyclic amines) is 1. The lowest BCUT2D eigenvalue weighted by Gasteiger charge is -2.26. The molecule has 1 heterocycles. The van der Waals surface area contributed by atoms with Crippen molar-refractivity contribution in [3.8, 4) is 0 Å². The SMILES string of the molecule is O=C(Cc1ccccc1[N+](=O)[O-])Nc1cccc(CN2CCCCC2=O)c1. The third-order valence-corrected chi connectivity index (χ3v) is 4.54. The summed E-state index contributed by atoms with van der Waals surface area (Å²) in [7, 11) is 0. The molecule has 0 radical (unpaired) electrons. The largest absolute Gasteiger partial charge is 0.338 e. The van der Waals surface area contributed by atoms with E-state index < -0.39 is 4.92 Å². The Balaban J connectivity index is 1.65. The molecule has 7 heteroatoms. The fraction of sp³-hybridized carbons (Fsp3) is 0.300. The van der Waals surface area contributed by atoms with Crippen molar-refractivity contribution in [1.82, 2.24) is 4.90 Å². The fourth-order valence-electron chi connectivity index (χ4n) is 3.21. The first-order valence-electron chi connectivity index (χ1n) is 8.92. The molecule has 2 aromatic carbocycles. The molecule has 0 bridgehead atoms. The van der Waals surface area contributed by atoms with E-state index in [1.165, 1.54) is 6.07 Å². The van der Waals surface area contributed by atoms with Crippen molar-refractivity contribution in [3.05, 3.63) is 69.8 Å². The highest BCUT2D eigenvalue weighted by molar-refractivity contribution is 5.92. The van der Waals surface area contributed by atoms with Gasteiger partial charge < -0.3 is 10.2 Å². The number of nitrogens with zero attached hydrogens (tertiary/aromatic N) is 2. The minimum atomic E-state index is -0.487. The highest BCUT2D eigenvalue weighted by Crippen LogP contribution is 2.20. The fourth-order valence-corrected chi connectivity index (χ4v) is 3.21. The van der Waals surface area contributed by atoms with Gasteiger partial charge in [0.25, 0.3) is 5.69 Å². The molecule has 0 saturated carbocycles. The van der Waals surface area contributed by atoms with Gasteiger partial charge in [-0.05, 0) is 30.5 Å². The molecule has 2 aromatic rings. The molecule has 1 N–H and O–H groups in total. The van der Waals surface area contributed by atoms with Gasteiger partial charge in [-0.1, -0.05) is 30.3 Å². The number of hydrogen-bond donors (Lipinski definition) is 1. The zero-order chi connectivity index (χ0) is 19.2. The van der Waals surface area contributed by atoms with Crippen molar-refractivity contribution in [1.29, 1.82) is 0 Å². The van der Waals surface area contributed by atoms with Crippen molar-refractivity contribution in [2.75, 3.05) is 11.9 Å². The zero-order valence-electron chi connectivity index (χ0n) is 14.9. The monoisotopic (exact) mass is 367 g/mol. The molecule has 1 saturated heterocycles. The third-order valence-electron chi connectivity index (χ3n) is 4.54. The Kier molecular flexibility index (Phi) is 5.80. The molecule has 0 atom stereocenters. The summed E-state index contributed by atoms with van der Waals surface area (Å²) in [6, 6.07) is 13.5. The van der Waals surface area contributed by atoms with Gasteiger partial charge in [0, 0.05) is 36.8 Å². The van der Waals surface area contributed by atoms with Gasteiger partial charge >= 0.3 is 0 Å². The van der Waals surface area contributed by atoms with Gasteiger partial charge in [0.15, 0.2) is 0 Å². The second-order valence-electron chi connectivity index (χ2n) is 6.58. The molecule has 0 aliphatic carbocycles. The maximum absolute atomic E-state index is 12.3. The van der Waals surface area contributed by atoms with Gasteiger partial charge in [0.2, 0.25) is 11.8 Å². The normalized spacial score (nSPS) is 14.1. The van der Waals surface area contributed by atoms with Crippen LogP contribution < -0.4 is 5.32 Å². The Bertz CT molecular complexity index is 866. The van der Waals surface area contributed by atoms with Crippen LogP contribution in [0.5, 0.6) is 0 Å². The molecule has 7 nitrogen and oxygen atoms in total. The summed E-state index contributed by atoms with van der Waals surface area (Å²) in [6.07, 6.45) is 2.47. The molecule has 0 spiro atoms. The second kappa shape index (κ2) is 8.44. The highest BCUT2D eigenvalue weighted by Gasteiger charge is 2.18. The predicted octanol–water partition coefficient (Wildman–Crippen LogP) is 3.29. The second-order valence-corrected chi connectivity index (χ2v) is 6.58. The Hall–Kier alpha value is -3.22. The van der Waals surface area contributed by atoms with Crippen LogP contribution >= 0.6 is 0 Å². The maximum Gasteiger partial charge on any atom is 0.273 e. The summed E-state index contributed by atoms with van der Waals surface area (Å²) >= 11 is 0. The van der Waals surface area contributed by atoms with Gasteiger partial charge in [-0.25, -0.2) is 0 Å². The number of rotatable bonds is 6. The van der Waals surface area contributed by atoms with Crippen molar-refractivity contribution < 1.29 is 14.5 Å². The maximum atomic E-state index is 12.3. The number of piperidine rings is 1. The minimum absolute atomic E-state index is 0.0648. The Morgan fingerprint density at radius 2 is 1.96 bits per heavy atom. The zero-order valence-corrected chi connectivity index (χ0v) is 14.9. The van der Waals surface area contributed by atoms with E-state index in [1.54, 1.807) is 24.3 Å². The molecule has 140 valence electrons. The van der Waals surface area contributed by atoms with Crippen LogP contribution in [0.2, 0.25) is 0 Å². The van der Waals surface area contributed by atoms with Crippen LogP contribution in [0.3, 0.4) is 0 Å². The van der Waals surface area contributed by atoms with E-state index in [-0.39, 0.29) is 23.9 Å². The van der Waals surface area contributed by atoms with Gasteiger partial charge in [-0.3, -0.25) is 19.7 Å². The molecular weight excluding hydrogens is 346 g/mol. The lowest BCUT2D eigenvalue weighted by atomic mass is 10.1. The van der Waals surface area contributed by atoms with Crippen LogP contribution in [0.1, 0.15) is 30.4 Å². The van der Waals surface area contributed by atoms with Crippen molar-refractivity contribution in [2.24, 2.45) is 0 Å². The first kappa shape index (κ1) is 18.6. The number of carbonyl (C=O) groups is 2. The summed E-state index contributed by atoms with van der Waals surface area (Å²) in [5.41, 5.74) is 1.86. The van der Waals surface area contributed by atoms with Crippen LogP contribution in [0.15, 0.2) is 48.5 Å². The number of nitrogens with one attached hydrogen (secondary N) is 1. The Morgan fingerprint density at radius 1 is 1.15 bits per heavy atom. The van der Waals surface area contributed by atoms with Crippen molar-refractivity contribution >= 4 is 23.2 Å². The summed E-state index contributed by atoms with van der Waals surface area (Å²) in [4.78, 5) is 36.7. The average Bonchev–Trinajstić information content (AvgIpc) is 2.64. The Morgan fingerprint density at radius 3 is 2.74 bits per heavy atom. The van der Waals surface area contributed by atoms with Crippen LogP contribution in [-0.2, 0) is 22.6 Å². The van der Waals surface area contributed by atoms with Gasteiger partial charge in [-0.2, -0.15) is 0 Å². The molecule has 2 amide bonds. The number of para-hydroxylation sites is 1. The molecule has 27 heavy (non-hydrogen) atoms. The summed E-state index contributed by atoms with van der Waals surface area (Å²) in [5.74, 6) is -0.164. The van der Waals surface area contributed by atoms with Crippen LogP contribution in [-0.4, -0.2) is 28.2 Å². The molecule has 1 fully saturated rings. The van der Waals surface area contributed by atoms with Crippen molar-refractivity contribution in [3.63, 3.8) is 0 Å². The van der Waals surface area contributed by atoms with Crippen LogP contribution in [0.25, 0.3) is 0 Å². The molecule has 3 rings (SSSR count). The molecule has 0 aromatic heterocycles. The first-order chi connectivity index (χ1) is 13.0. The number of carbonyl (C=O) groups excluding carboxylic acids is 2. The topological polar surface area (TPSA) is 92.5 Å². The number of nitro groups is 1. The minimum Gasteiger partial charge on any atom is -0.338 e. The highest BCUT2D eigenvalue weighted by atomic mass is 16.6. The number of nitro benzene ring substituents is 1. The average molecular weight is 367 g/mol. The number of benzene rings is 2. The van der Waals surface area contributed by atoms with Crippen molar-refractivity contribution in [2.45, 2.75) is 32.2 Å². The van der Waals surface area contributed by atoms with E-state index in [0.29, 0.717) is 24.2 Å². The number of amides is 2. The smallest absolute Gasteiger partial charge is 0.273 e. The molecular formula is C20H21N3O4. The quantitative estimate of drug-likeness (QED) is 0.626. The third kappa shape index (κ3) is 4.91. The van der Waals surface area contributed by atoms with E-state index in [1.807, 2.05) is 23.1 Å². The van der Waals surface area contributed by atoms with Crippen LogP contribution in [0, 0.1) is 10.1 Å². The van der Waals surface area contributed by atoms with Gasteiger partial charge in [-0.15, -0.1) is 0 Å². The summed E-state index contributed by atoms with van der Waals surface area (Å²) in [6.45, 7) is 1.28. The number of anilines is 1. The molecule has 1 aliphatic rings. The van der Waals surface area contributed by atoms with E-state index in [2.05, 4.69) is 5.32 Å². The van der Waals surface area contributed by atoms with Crippen LogP contribution in [0.4, 0.5) is 11.4 Å². The van der Waals surface area contributed by atoms with E-state index in [4.69, 9.17) is 0 Å². The molecule has 1 aliphatic heterocycles. The van der Waals surface area contributed by atoms with Gasteiger partial charge in [0.1, 0.15) is 0 Å². The molecule has 0 unspecified atom stereocenters. The lowest BCUT2D eigenvalue weighted by Crippen LogP contribution is -2.34. The number of hydrogen-bond acceptors (Lipinski definition) is 4. The van der Waals surface area contributed by atoms with E-state index in [0.717, 1.165) is 24.9 Å². The first-order valence-corrected chi connectivity index (χ1v) is 8.92. The van der Waals surface area contributed by atoms with E-state index >= 15 is 0 Å². The standard InChI is InChI=1S/C20H21N3O4/c24-19(13-16-7-1-2-9-18(16)23(26)27)21-17-8-5-6-15(12-17)14-22-11-4-3-10-20(22)25/h1-2,5-9,12H,3-4,10-11,13-14H2,(H,21,24). The predicted molar refractivity (Wildman–Crippen MR) is 101 cm³/mol.